The molecule has 0 aliphatic heterocycles. The van der Waals surface area contributed by atoms with Crippen LogP contribution in [0.4, 0.5) is 18.3 Å². The quantitative estimate of drug-likeness (QED) is 0.706. The van der Waals surface area contributed by atoms with Crippen molar-refractivity contribution in [1.82, 2.24) is 4.98 Å². The number of fused-ring (bicyclic) bond motifs is 1. The summed E-state index contributed by atoms with van der Waals surface area (Å²) in [5, 5.41) is 2.86. The molecule has 0 saturated carbocycles. The van der Waals surface area contributed by atoms with Gasteiger partial charge < -0.3 is 15.8 Å². The number of nitrogens with one attached hydrogen (secondary N) is 1. The third-order valence-corrected chi connectivity index (χ3v) is 4.39. The number of ether oxygens (including phenoxy) is 1. The molecule has 0 spiro atoms. The smallest absolute Gasteiger partial charge is 0.406 e. The molecular formula is C17H14F3N3O2S. The number of thiazole rings is 1. The summed E-state index contributed by atoms with van der Waals surface area (Å²) in [6, 6.07) is 12.3. The van der Waals surface area contributed by atoms with Crippen LogP contribution in [0.15, 0.2) is 48.5 Å². The van der Waals surface area contributed by atoms with Gasteiger partial charge in [0, 0.05) is 6.07 Å². The first-order valence-corrected chi connectivity index (χ1v) is 8.38. The van der Waals surface area contributed by atoms with Gasteiger partial charge in [0.25, 0.3) is 0 Å². The molecule has 2 aromatic carbocycles. The van der Waals surface area contributed by atoms with Crippen molar-refractivity contribution < 1.29 is 22.7 Å². The lowest BCUT2D eigenvalue weighted by Crippen LogP contribution is -2.37. The van der Waals surface area contributed by atoms with E-state index in [1.54, 1.807) is 0 Å². The molecule has 3 aromatic rings. The number of alkyl halides is 3. The minimum atomic E-state index is -4.76. The largest absolute Gasteiger partial charge is 0.573 e. The van der Waals surface area contributed by atoms with Crippen molar-refractivity contribution in [3.05, 3.63) is 54.1 Å². The maximum Gasteiger partial charge on any atom is 0.573 e. The molecule has 9 heteroatoms. The van der Waals surface area contributed by atoms with Crippen molar-refractivity contribution >= 4 is 32.6 Å². The lowest BCUT2D eigenvalue weighted by molar-refractivity contribution is -0.274. The van der Waals surface area contributed by atoms with Gasteiger partial charge >= 0.3 is 6.36 Å². The first-order chi connectivity index (χ1) is 12.3. The number of benzene rings is 2. The van der Waals surface area contributed by atoms with Crippen molar-refractivity contribution in [2.75, 3.05) is 5.32 Å². The highest BCUT2D eigenvalue weighted by molar-refractivity contribution is 7.22. The molecular weight excluding hydrogens is 367 g/mol. The van der Waals surface area contributed by atoms with Crippen molar-refractivity contribution in [3.8, 4) is 5.75 Å². The van der Waals surface area contributed by atoms with Gasteiger partial charge in [-0.15, -0.1) is 13.2 Å². The Bertz CT molecular complexity index is 913. The Morgan fingerprint density at radius 2 is 1.96 bits per heavy atom. The van der Waals surface area contributed by atoms with Crippen LogP contribution in [0.25, 0.3) is 10.2 Å². The fraction of sp³-hybridized carbons (Fsp3) is 0.176. The number of anilines is 1. The summed E-state index contributed by atoms with van der Waals surface area (Å²) in [5.74, 6) is -0.757. The van der Waals surface area contributed by atoms with Gasteiger partial charge in [-0.3, -0.25) is 4.79 Å². The molecule has 136 valence electrons. The average molecular weight is 381 g/mol. The van der Waals surface area contributed by atoms with Gasteiger partial charge in [-0.2, -0.15) is 0 Å². The zero-order valence-electron chi connectivity index (χ0n) is 13.3. The van der Waals surface area contributed by atoms with Gasteiger partial charge in [-0.25, -0.2) is 4.98 Å². The van der Waals surface area contributed by atoms with Gasteiger partial charge in [-0.1, -0.05) is 41.7 Å². The molecule has 1 amide bonds. The van der Waals surface area contributed by atoms with Crippen LogP contribution in [0.3, 0.4) is 0 Å². The molecule has 3 N–H and O–H groups in total. The van der Waals surface area contributed by atoms with Gasteiger partial charge in [0.2, 0.25) is 5.91 Å². The number of hydrogen-bond acceptors (Lipinski definition) is 5. The number of halogens is 3. The Kier molecular flexibility index (Phi) is 5.10. The molecule has 0 aliphatic carbocycles. The maximum absolute atomic E-state index is 12.3. The number of aromatic nitrogens is 1. The second kappa shape index (κ2) is 7.30. The molecule has 0 bridgehead atoms. The fourth-order valence-corrected chi connectivity index (χ4v) is 3.21. The Hall–Kier alpha value is -2.65. The highest BCUT2D eigenvalue weighted by Gasteiger charge is 2.31. The number of rotatable bonds is 5. The number of nitrogens with zero attached hydrogens (tertiary/aromatic N) is 1. The van der Waals surface area contributed by atoms with Crippen LogP contribution >= 0.6 is 11.3 Å². The SMILES string of the molecule is N[C@@H](Cc1ccccc1)C(=O)Nc1nc2ccc(OC(F)(F)F)cc2s1. The summed E-state index contributed by atoms with van der Waals surface area (Å²) < 4.78 is 41.2. The van der Waals surface area contributed by atoms with E-state index in [-0.39, 0.29) is 10.9 Å². The minimum absolute atomic E-state index is 0.262. The molecule has 1 atom stereocenters. The van der Waals surface area contributed by atoms with E-state index in [1.807, 2.05) is 30.3 Å². The van der Waals surface area contributed by atoms with E-state index in [0.717, 1.165) is 16.9 Å². The Morgan fingerprint density at radius 1 is 1.23 bits per heavy atom. The van der Waals surface area contributed by atoms with Gasteiger partial charge in [0.05, 0.1) is 16.3 Å². The first kappa shape index (κ1) is 18.2. The number of nitrogens with two attached hydrogens (primary N) is 1. The van der Waals surface area contributed by atoms with E-state index in [9.17, 15) is 18.0 Å². The van der Waals surface area contributed by atoms with Crippen LogP contribution in [-0.2, 0) is 11.2 Å². The number of carbonyl (C=O) groups is 1. The van der Waals surface area contributed by atoms with Crippen LogP contribution in [0.2, 0.25) is 0 Å². The lowest BCUT2D eigenvalue weighted by atomic mass is 10.1. The average Bonchev–Trinajstić information content (AvgIpc) is 2.95. The molecule has 0 radical (unpaired) electrons. The van der Waals surface area contributed by atoms with Crippen LogP contribution in [0, 0.1) is 0 Å². The minimum Gasteiger partial charge on any atom is -0.406 e. The van der Waals surface area contributed by atoms with E-state index >= 15 is 0 Å². The van der Waals surface area contributed by atoms with Gasteiger partial charge in [0.15, 0.2) is 5.13 Å². The summed E-state index contributed by atoms with van der Waals surface area (Å²) in [5.41, 5.74) is 7.28. The second-order valence-corrected chi connectivity index (χ2v) is 6.51. The highest BCUT2D eigenvalue weighted by Crippen LogP contribution is 2.31. The van der Waals surface area contributed by atoms with E-state index in [0.29, 0.717) is 16.6 Å². The number of hydrogen-bond donors (Lipinski definition) is 2. The van der Waals surface area contributed by atoms with Crippen LogP contribution in [-0.4, -0.2) is 23.3 Å². The summed E-state index contributed by atoms with van der Waals surface area (Å²) in [4.78, 5) is 16.4. The number of carbonyl (C=O) groups excluding carboxylic acids is 1. The molecule has 0 unspecified atom stereocenters. The molecule has 5 nitrogen and oxygen atoms in total. The van der Waals surface area contributed by atoms with Crippen molar-refractivity contribution in [2.24, 2.45) is 5.73 Å². The summed E-state index contributed by atoms with van der Waals surface area (Å²) >= 11 is 1.04. The van der Waals surface area contributed by atoms with Gasteiger partial charge in [-0.05, 0) is 24.1 Å². The Morgan fingerprint density at radius 3 is 2.65 bits per heavy atom. The van der Waals surface area contributed by atoms with Crippen LogP contribution < -0.4 is 15.8 Å². The maximum atomic E-state index is 12.3. The van der Waals surface area contributed by atoms with E-state index in [1.165, 1.54) is 18.2 Å². The normalized spacial score (nSPS) is 12.8. The predicted octanol–water partition coefficient (Wildman–Crippen LogP) is 3.70. The number of amides is 1. The van der Waals surface area contributed by atoms with Crippen molar-refractivity contribution in [2.45, 2.75) is 18.8 Å². The summed E-state index contributed by atoms with van der Waals surface area (Å²) in [7, 11) is 0. The first-order valence-electron chi connectivity index (χ1n) is 7.57. The monoisotopic (exact) mass is 381 g/mol. The Labute approximate surface area is 150 Å². The van der Waals surface area contributed by atoms with E-state index in [2.05, 4.69) is 15.0 Å². The molecule has 0 aliphatic rings. The van der Waals surface area contributed by atoms with Crippen LogP contribution in [0.1, 0.15) is 5.56 Å². The zero-order valence-corrected chi connectivity index (χ0v) is 14.1. The standard InChI is InChI=1S/C17H14F3N3O2S/c18-17(19,20)25-11-6-7-13-14(9-11)26-16(22-13)23-15(24)12(21)8-10-4-2-1-3-5-10/h1-7,9,12H,8,21H2,(H,22,23,24)/t12-/m0/s1. The molecule has 26 heavy (non-hydrogen) atoms. The molecule has 1 heterocycles. The van der Waals surface area contributed by atoms with E-state index in [4.69, 9.17) is 5.73 Å². The molecule has 0 fully saturated rings. The fourth-order valence-electron chi connectivity index (χ4n) is 2.31. The molecule has 0 saturated heterocycles. The topological polar surface area (TPSA) is 77.2 Å². The summed E-state index contributed by atoms with van der Waals surface area (Å²) in [6.07, 6.45) is -4.40. The summed E-state index contributed by atoms with van der Waals surface area (Å²) in [6.45, 7) is 0. The third kappa shape index (κ3) is 4.70. The van der Waals surface area contributed by atoms with Crippen LogP contribution in [0.5, 0.6) is 5.75 Å². The van der Waals surface area contributed by atoms with Crippen molar-refractivity contribution in [1.29, 1.82) is 0 Å². The second-order valence-electron chi connectivity index (χ2n) is 5.48. The van der Waals surface area contributed by atoms with E-state index < -0.39 is 18.3 Å². The molecule has 1 aromatic heterocycles. The van der Waals surface area contributed by atoms with Gasteiger partial charge in [0.1, 0.15) is 5.75 Å². The molecule has 3 rings (SSSR count). The Balaban J connectivity index is 1.69. The third-order valence-electron chi connectivity index (χ3n) is 3.46. The zero-order chi connectivity index (χ0) is 18.7. The predicted molar refractivity (Wildman–Crippen MR) is 93.1 cm³/mol. The lowest BCUT2D eigenvalue weighted by Gasteiger charge is -2.10. The highest BCUT2D eigenvalue weighted by atomic mass is 32.1. The van der Waals surface area contributed by atoms with Crippen molar-refractivity contribution in [3.63, 3.8) is 0 Å².